The van der Waals surface area contributed by atoms with Crippen molar-refractivity contribution in [3.63, 3.8) is 0 Å². The molecular weight excluding hydrogens is 424 g/mol. The maximum absolute atomic E-state index is 13.1. The first-order chi connectivity index (χ1) is 15.8. The van der Waals surface area contributed by atoms with Crippen LogP contribution in [0.2, 0.25) is 0 Å². The van der Waals surface area contributed by atoms with Crippen LogP contribution in [0.15, 0.2) is 30.3 Å². The second-order valence-electron chi connectivity index (χ2n) is 8.73. The number of nitrogens with zero attached hydrogens (tertiary/aromatic N) is 2. The monoisotopic (exact) mass is 456 g/mol. The topological polar surface area (TPSA) is 116 Å². The van der Waals surface area contributed by atoms with Gasteiger partial charge in [-0.25, -0.2) is 0 Å². The summed E-state index contributed by atoms with van der Waals surface area (Å²) in [6, 6.07) is 6.62. The summed E-state index contributed by atoms with van der Waals surface area (Å²) in [5.41, 5.74) is 0.928. The largest absolute Gasteiger partial charge is 0.344 e. The lowest BCUT2D eigenvalue weighted by molar-refractivity contribution is -0.142. The number of hydrogen-bond donors (Lipinski definition) is 2. The molecule has 4 amide bonds. The van der Waals surface area contributed by atoms with Crippen molar-refractivity contribution in [3.05, 3.63) is 35.9 Å². The van der Waals surface area contributed by atoms with Crippen molar-refractivity contribution in [2.24, 2.45) is 0 Å². The number of likely N-dealkylation sites (tertiary alicyclic amines) is 2. The molecule has 2 aliphatic rings. The second-order valence-corrected chi connectivity index (χ2v) is 8.73. The summed E-state index contributed by atoms with van der Waals surface area (Å²) in [5.74, 6) is -1.24. The van der Waals surface area contributed by atoms with Crippen molar-refractivity contribution in [2.45, 2.75) is 70.1 Å². The molecule has 1 aromatic rings. The average molecular weight is 457 g/mol. The van der Waals surface area contributed by atoms with Gasteiger partial charge in [0.15, 0.2) is 0 Å². The van der Waals surface area contributed by atoms with Gasteiger partial charge in [0.05, 0.1) is 6.04 Å². The van der Waals surface area contributed by atoms with E-state index in [0.717, 1.165) is 12.0 Å². The van der Waals surface area contributed by atoms with Crippen LogP contribution in [0.4, 0.5) is 0 Å². The highest BCUT2D eigenvalue weighted by Crippen LogP contribution is 2.20. The third-order valence-corrected chi connectivity index (χ3v) is 6.32. The van der Waals surface area contributed by atoms with E-state index >= 15 is 0 Å². The van der Waals surface area contributed by atoms with Gasteiger partial charge in [-0.1, -0.05) is 30.3 Å². The van der Waals surface area contributed by atoms with E-state index in [1.165, 1.54) is 16.7 Å². The van der Waals surface area contributed by atoms with Crippen molar-refractivity contribution in [1.82, 2.24) is 20.4 Å². The third-order valence-electron chi connectivity index (χ3n) is 6.32. The Morgan fingerprint density at radius 1 is 0.970 bits per heavy atom. The van der Waals surface area contributed by atoms with Crippen molar-refractivity contribution in [2.75, 3.05) is 13.1 Å². The second kappa shape index (κ2) is 11.1. The third kappa shape index (κ3) is 5.97. The SMILES string of the molecule is CC(=O)N1CCCC1C(=O)NC(C)C(=O)N1CCCC1C(=O)NC(C=O)Cc1ccccc1. The van der Waals surface area contributed by atoms with Gasteiger partial charge in [-0.3, -0.25) is 19.2 Å². The van der Waals surface area contributed by atoms with Gasteiger partial charge < -0.3 is 25.2 Å². The van der Waals surface area contributed by atoms with Gasteiger partial charge in [0.25, 0.3) is 0 Å². The van der Waals surface area contributed by atoms with Crippen molar-refractivity contribution in [1.29, 1.82) is 0 Å². The van der Waals surface area contributed by atoms with Crippen LogP contribution in [0.5, 0.6) is 0 Å². The molecule has 2 heterocycles. The van der Waals surface area contributed by atoms with E-state index in [1.807, 2.05) is 30.3 Å². The maximum atomic E-state index is 13.1. The minimum absolute atomic E-state index is 0.164. The van der Waals surface area contributed by atoms with Crippen LogP contribution in [-0.2, 0) is 30.4 Å². The molecule has 2 aliphatic heterocycles. The number of nitrogens with one attached hydrogen (secondary N) is 2. The zero-order valence-electron chi connectivity index (χ0n) is 19.2. The van der Waals surface area contributed by atoms with Crippen molar-refractivity contribution in [3.8, 4) is 0 Å². The van der Waals surface area contributed by atoms with E-state index in [4.69, 9.17) is 0 Å². The molecule has 0 bridgehead atoms. The van der Waals surface area contributed by atoms with Gasteiger partial charge in [-0.15, -0.1) is 0 Å². The fourth-order valence-corrected chi connectivity index (χ4v) is 4.62. The minimum atomic E-state index is -0.827. The quantitative estimate of drug-likeness (QED) is 0.550. The Kier molecular flexibility index (Phi) is 8.19. The summed E-state index contributed by atoms with van der Waals surface area (Å²) >= 11 is 0. The van der Waals surface area contributed by atoms with Crippen LogP contribution in [-0.4, -0.2) is 77.0 Å². The molecular formula is C24H32N4O5. The summed E-state index contributed by atoms with van der Waals surface area (Å²) in [6.45, 7) is 3.96. The molecule has 3 rings (SSSR count). The Hall–Kier alpha value is -3.23. The van der Waals surface area contributed by atoms with E-state index in [9.17, 15) is 24.0 Å². The lowest BCUT2D eigenvalue weighted by atomic mass is 10.1. The Morgan fingerprint density at radius 3 is 2.15 bits per heavy atom. The van der Waals surface area contributed by atoms with Crippen LogP contribution in [0, 0.1) is 0 Å². The van der Waals surface area contributed by atoms with Gasteiger partial charge in [-0.2, -0.15) is 0 Å². The van der Waals surface area contributed by atoms with Gasteiger partial charge in [0.2, 0.25) is 23.6 Å². The predicted octanol–water partition coefficient (Wildman–Crippen LogP) is 0.419. The molecule has 2 fully saturated rings. The Labute approximate surface area is 193 Å². The maximum Gasteiger partial charge on any atom is 0.245 e. The number of aldehydes is 1. The first kappa shape index (κ1) is 24.4. The molecule has 0 aliphatic carbocycles. The summed E-state index contributed by atoms with van der Waals surface area (Å²) in [5, 5.41) is 5.47. The molecule has 1 aromatic carbocycles. The van der Waals surface area contributed by atoms with E-state index in [-0.39, 0.29) is 23.6 Å². The minimum Gasteiger partial charge on any atom is -0.344 e. The Morgan fingerprint density at radius 2 is 1.55 bits per heavy atom. The fourth-order valence-electron chi connectivity index (χ4n) is 4.62. The standard InChI is InChI=1S/C24H32N4O5/c1-16(25-22(31)20-10-6-12-27(20)17(2)30)24(33)28-13-7-11-21(28)23(32)26-19(15-29)14-18-8-4-3-5-9-18/h3-5,8-9,15-16,19-21H,6-7,10-14H2,1-2H3,(H,25,31)(H,26,32). The molecule has 178 valence electrons. The zero-order valence-corrected chi connectivity index (χ0v) is 19.2. The average Bonchev–Trinajstić information content (AvgIpc) is 3.48. The first-order valence-electron chi connectivity index (χ1n) is 11.5. The molecule has 0 radical (unpaired) electrons. The highest BCUT2D eigenvalue weighted by Gasteiger charge is 2.38. The molecule has 2 saturated heterocycles. The molecule has 4 atom stereocenters. The zero-order chi connectivity index (χ0) is 24.0. The molecule has 9 nitrogen and oxygen atoms in total. The first-order valence-corrected chi connectivity index (χ1v) is 11.5. The fraction of sp³-hybridized carbons (Fsp3) is 0.542. The summed E-state index contributed by atoms with van der Waals surface area (Å²) in [6.07, 6.45) is 3.55. The number of carbonyl (C=O) groups is 5. The van der Waals surface area contributed by atoms with Crippen LogP contribution in [0.3, 0.4) is 0 Å². The van der Waals surface area contributed by atoms with Crippen LogP contribution < -0.4 is 10.6 Å². The highest BCUT2D eigenvalue weighted by molar-refractivity contribution is 5.94. The lowest BCUT2D eigenvalue weighted by Gasteiger charge is -2.29. The van der Waals surface area contributed by atoms with Crippen LogP contribution in [0.1, 0.15) is 45.1 Å². The summed E-state index contributed by atoms with van der Waals surface area (Å²) in [4.78, 5) is 64.9. The number of amides is 4. The molecule has 0 aromatic heterocycles. The Bertz CT molecular complexity index is 890. The highest BCUT2D eigenvalue weighted by atomic mass is 16.2. The number of rotatable bonds is 8. The van der Waals surface area contributed by atoms with E-state index in [1.54, 1.807) is 6.92 Å². The summed E-state index contributed by atoms with van der Waals surface area (Å²) in [7, 11) is 0. The van der Waals surface area contributed by atoms with Crippen LogP contribution in [0.25, 0.3) is 0 Å². The molecule has 0 spiro atoms. The Balaban J connectivity index is 1.58. The summed E-state index contributed by atoms with van der Waals surface area (Å²) < 4.78 is 0. The molecule has 9 heteroatoms. The molecule has 33 heavy (non-hydrogen) atoms. The smallest absolute Gasteiger partial charge is 0.245 e. The van der Waals surface area contributed by atoms with Gasteiger partial charge in [-0.05, 0) is 44.6 Å². The van der Waals surface area contributed by atoms with E-state index in [0.29, 0.717) is 45.1 Å². The number of hydrogen-bond acceptors (Lipinski definition) is 5. The number of carbonyl (C=O) groups excluding carboxylic acids is 5. The normalized spacial score (nSPS) is 21.9. The van der Waals surface area contributed by atoms with Gasteiger partial charge >= 0.3 is 0 Å². The van der Waals surface area contributed by atoms with Crippen molar-refractivity contribution >= 4 is 29.9 Å². The molecule has 2 N–H and O–H groups in total. The number of benzene rings is 1. The lowest BCUT2D eigenvalue weighted by Crippen LogP contribution is -2.56. The van der Waals surface area contributed by atoms with Gasteiger partial charge in [0, 0.05) is 20.0 Å². The van der Waals surface area contributed by atoms with E-state index < -0.39 is 24.2 Å². The van der Waals surface area contributed by atoms with Crippen LogP contribution >= 0.6 is 0 Å². The molecule has 0 saturated carbocycles. The predicted molar refractivity (Wildman–Crippen MR) is 121 cm³/mol. The molecule has 4 unspecified atom stereocenters. The van der Waals surface area contributed by atoms with Crippen molar-refractivity contribution < 1.29 is 24.0 Å². The van der Waals surface area contributed by atoms with Gasteiger partial charge in [0.1, 0.15) is 24.4 Å². The van der Waals surface area contributed by atoms with E-state index in [2.05, 4.69) is 10.6 Å².